The van der Waals surface area contributed by atoms with Crippen LogP contribution >= 0.6 is 0 Å². The van der Waals surface area contributed by atoms with Crippen molar-refractivity contribution in [3.63, 3.8) is 0 Å². The number of nitrogens with one attached hydrogen (secondary N) is 1. The lowest BCUT2D eigenvalue weighted by molar-refractivity contribution is -0.137. The van der Waals surface area contributed by atoms with Crippen LogP contribution in [-0.4, -0.2) is 47.9 Å². The van der Waals surface area contributed by atoms with E-state index in [-0.39, 0.29) is 17.5 Å². The number of rotatable bonds is 2. The number of amides is 3. The van der Waals surface area contributed by atoms with Crippen LogP contribution in [0.15, 0.2) is 66.7 Å². The van der Waals surface area contributed by atoms with Crippen molar-refractivity contribution in [2.45, 2.75) is 12.6 Å². The Morgan fingerprint density at radius 1 is 0.781 bits per heavy atom. The molecular weight excluding hydrogens is 419 g/mol. The van der Waals surface area contributed by atoms with Crippen molar-refractivity contribution in [1.29, 1.82) is 0 Å². The third-order valence-electron chi connectivity index (χ3n) is 5.53. The Bertz CT molecular complexity index is 1130. The minimum Gasteiger partial charge on any atom is -0.337 e. The number of halogens is 3. The average molecular weight is 441 g/mol. The molecule has 1 fully saturated rings. The van der Waals surface area contributed by atoms with Gasteiger partial charge in [0, 0.05) is 37.4 Å². The number of benzene rings is 3. The highest BCUT2D eigenvalue weighted by Crippen LogP contribution is 2.29. The summed E-state index contributed by atoms with van der Waals surface area (Å²) in [5, 5.41) is 5.01. The van der Waals surface area contributed by atoms with Gasteiger partial charge in [-0.3, -0.25) is 4.79 Å². The number of anilines is 1. The van der Waals surface area contributed by atoms with E-state index in [1.54, 1.807) is 9.80 Å². The Hall–Kier alpha value is -3.55. The predicted molar refractivity (Wildman–Crippen MR) is 117 cm³/mol. The maximum Gasteiger partial charge on any atom is 0.416 e. The lowest BCUT2D eigenvalue weighted by Gasteiger charge is -2.23. The molecule has 4 rings (SSSR count). The van der Waals surface area contributed by atoms with Crippen LogP contribution in [0.3, 0.4) is 0 Å². The minimum absolute atomic E-state index is 0.201. The van der Waals surface area contributed by atoms with Gasteiger partial charge < -0.3 is 15.1 Å². The zero-order valence-electron chi connectivity index (χ0n) is 17.2. The number of nitrogens with zero attached hydrogens (tertiary/aromatic N) is 2. The zero-order chi connectivity index (χ0) is 22.7. The molecule has 0 aliphatic carbocycles. The first-order valence-electron chi connectivity index (χ1n) is 10.3. The largest absolute Gasteiger partial charge is 0.416 e. The number of urea groups is 1. The number of hydrogen-bond donors (Lipinski definition) is 1. The Labute approximate surface area is 183 Å². The molecule has 3 aromatic rings. The second kappa shape index (κ2) is 8.90. The molecule has 1 N–H and O–H groups in total. The third-order valence-corrected chi connectivity index (χ3v) is 5.53. The Morgan fingerprint density at radius 2 is 1.44 bits per heavy atom. The quantitative estimate of drug-likeness (QED) is 0.592. The van der Waals surface area contributed by atoms with E-state index in [1.165, 1.54) is 12.1 Å². The fourth-order valence-electron chi connectivity index (χ4n) is 3.78. The fourth-order valence-corrected chi connectivity index (χ4v) is 3.78. The molecule has 32 heavy (non-hydrogen) atoms. The van der Waals surface area contributed by atoms with Crippen LogP contribution in [-0.2, 0) is 6.18 Å². The lowest BCUT2D eigenvalue weighted by Crippen LogP contribution is -2.39. The molecule has 1 aliphatic rings. The summed E-state index contributed by atoms with van der Waals surface area (Å²) in [6, 6.07) is 17.5. The summed E-state index contributed by atoms with van der Waals surface area (Å²) in [7, 11) is 0. The molecule has 166 valence electrons. The van der Waals surface area contributed by atoms with E-state index in [2.05, 4.69) is 5.32 Å². The van der Waals surface area contributed by atoms with Crippen molar-refractivity contribution in [2.24, 2.45) is 0 Å². The molecule has 5 nitrogen and oxygen atoms in total. The first-order chi connectivity index (χ1) is 15.3. The molecule has 3 aromatic carbocycles. The molecular formula is C24H22F3N3O2. The second-order valence-corrected chi connectivity index (χ2v) is 7.70. The van der Waals surface area contributed by atoms with Gasteiger partial charge in [-0.15, -0.1) is 0 Å². The number of carbonyl (C=O) groups is 2. The molecule has 8 heteroatoms. The molecule has 3 amide bonds. The Kier molecular flexibility index (Phi) is 6.03. The van der Waals surface area contributed by atoms with Crippen LogP contribution < -0.4 is 5.32 Å². The molecule has 1 heterocycles. The average Bonchev–Trinajstić information content (AvgIpc) is 3.04. The van der Waals surface area contributed by atoms with E-state index in [0.29, 0.717) is 38.3 Å². The van der Waals surface area contributed by atoms with Crippen LogP contribution in [0.1, 0.15) is 22.3 Å². The normalized spacial score (nSPS) is 14.8. The van der Waals surface area contributed by atoms with Gasteiger partial charge in [0.2, 0.25) is 0 Å². The van der Waals surface area contributed by atoms with Gasteiger partial charge in [0.05, 0.1) is 5.56 Å². The van der Waals surface area contributed by atoms with Crippen molar-refractivity contribution in [1.82, 2.24) is 9.80 Å². The van der Waals surface area contributed by atoms with Gasteiger partial charge in [-0.1, -0.05) is 30.3 Å². The number of carbonyl (C=O) groups excluding carboxylic acids is 2. The van der Waals surface area contributed by atoms with Crippen LogP contribution in [0.5, 0.6) is 0 Å². The van der Waals surface area contributed by atoms with Gasteiger partial charge in [-0.2, -0.15) is 13.2 Å². The molecule has 0 bridgehead atoms. The molecule has 0 saturated carbocycles. The van der Waals surface area contributed by atoms with E-state index in [0.717, 1.165) is 22.9 Å². The fraction of sp³-hybridized carbons (Fsp3) is 0.250. The lowest BCUT2D eigenvalue weighted by atomic mass is 10.1. The summed E-state index contributed by atoms with van der Waals surface area (Å²) < 4.78 is 38.2. The first kappa shape index (κ1) is 21.7. The number of fused-ring (bicyclic) bond motifs is 1. The Balaban J connectivity index is 1.37. The molecule has 1 saturated heterocycles. The van der Waals surface area contributed by atoms with Gasteiger partial charge in [0.25, 0.3) is 5.91 Å². The summed E-state index contributed by atoms with van der Waals surface area (Å²) in [6.45, 7) is 1.56. The molecule has 0 spiro atoms. The van der Waals surface area contributed by atoms with E-state index < -0.39 is 11.7 Å². The SMILES string of the molecule is O=C(Nc1ccc2ccccc2c1)N1CCCN(C(=O)c2ccc(C(F)(F)F)cc2)CC1. The predicted octanol–water partition coefficient (Wildman–Crippen LogP) is 5.24. The van der Waals surface area contributed by atoms with E-state index in [9.17, 15) is 22.8 Å². The summed E-state index contributed by atoms with van der Waals surface area (Å²) >= 11 is 0. The smallest absolute Gasteiger partial charge is 0.337 e. The van der Waals surface area contributed by atoms with Crippen LogP contribution in [0.2, 0.25) is 0 Å². The molecule has 0 unspecified atom stereocenters. The highest BCUT2D eigenvalue weighted by atomic mass is 19.4. The van der Waals surface area contributed by atoms with Gasteiger partial charge in [0.15, 0.2) is 0 Å². The van der Waals surface area contributed by atoms with E-state index in [1.807, 2.05) is 42.5 Å². The van der Waals surface area contributed by atoms with Crippen molar-refractivity contribution >= 4 is 28.4 Å². The van der Waals surface area contributed by atoms with Crippen LogP contribution in [0, 0.1) is 0 Å². The van der Waals surface area contributed by atoms with E-state index >= 15 is 0 Å². The maximum absolute atomic E-state index is 12.7. The summed E-state index contributed by atoms with van der Waals surface area (Å²) in [5.74, 6) is -0.337. The first-order valence-corrected chi connectivity index (χ1v) is 10.3. The standard InChI is InChI=1S/C24H22F3N3O2/c25-24(26,27)20-9-6-18(7-10-20)22(31)29-12-3-13-30(15-14-29)23(32)28-21-11-8-17-4-1-2-5-19(17)16-21/h1-2,4-11,16H,3,12-15H2,(H,28,32). The van der Waals surface area contributed by atoms with Crippen LogP contribution in [0.4, 0.5) is 23.7 Å². The third kappa shape index (κ3) is 4.85. The van der Waals surface area contributed by atoms with Crippen molar-refractivity contribution in [3.05, 3.63) is 77.9 Å². The van der Waals surface area contributed by atoms with Crippen LogP contribution in [0.25, 0.3) is 10.8 Å². The van der Waals surface area contributed by atoms with Gasteiger partial charge in [0.1, 0.15) is 0 Å². The summed E-state index contributed by atoms with van der Waals surface area (Å²) in [5.41, 5.74) is 0.101. The number of alkyl halides is 3. The van der Waals surface area contributed by atoms with Crippen molar-refractivity contribution < 1.29 is 22.8 Å². The highest BCUT2D eigenvalue weighted by molar-refractivity contribution is 5.95. The van der Waals surface area contributed by atoms with Gasteiger partial charge in [-0.05, 0) is 53.6 Å². The number of hydrogen-bond acceptors (Lipinski definition) is 2. The summed E-state index contributed by atoms with van der Waals surface area (Å²) in [4.78, 5) is 28.7. The van der Waals surface area contributed by atoms with Crippen molar-refractivity contribution in [2.75, 3.05) is 31.5 Å². The van der Waals surface area contributed by atoms with E-state index in [4.69, 9.17) is 0 Å². The topological polar surface area (TPSA) is 52.7 Å². The molecule has 0 atom stereocenters. The van der Waals surface area contributed by atoms with Gasteiger partial charge in [-0.25, -0.2) is 4.79 Å². The molecule has 0 aromatic heterocycles. The molecule has 0 radical (unpaired) electrons. The zero-order valence-corrected chi connectivity index (χ0v) is 17.2. The van der Waals surface area contributed by atoms with Crippen molar-refractivity contribution in [3.8, 4) is 0 Å². The Morgan fingerprint density at radius 3 is 2.16 bits per heavy atom. The minimum atomic E-state index is -4.44. The summed E-state index contributed by atoms with van der Waals surface area (Å²) in [6.07, 6.45) is -3.86. The monoisotopic (exact) mass is 441 g/mol. The highest BCUT2D eigenvalue weighted by Gasteiger charge is 2.30. The maximum atomic E-state index is 12.7. The molecule has 1 aliphatic heterocycles. The van der Waals surface area contributed by atoms with Gasteiger partial charge >= 0.3 is 12.2 Å². The second-order valence-electron chi connectivity index (χ2n) is 7.70.